The number of carbonyl (C=O) groups is 2. The van der Waals surface area contributed by atoms with Crippen LogP contribution in [0.15, 0.2) is 42.5 Å². The summed E-state index contributed by atoms with van der Waals surface area (Å²) in [5.41, 5.74) is 2.56. The largest absolute Gasteiger partial charge is 0.493 e. The molecule has 1 N–H and O–H groups in total. The number of hydrogen-bond acceptors (Lipinski definition) is 5. The summed E-state index contributed by atoms with van der Waals surface area (Å²) < 4.78 is 16.1. The minimum absolute atomic E-state index is 0.0842. The van der Waals surface area contributed by atoms with E-state index in [1.807, 2.05) is 49.4 Å². The number of amides is 2. The van der Waals surface area contributed by atoms with E-state index in [4.69, 9.17) is 14.2 Å². The average molecular weight is 427 g/mol. The van der Waals surface area contributed by atoms with Gasteiger partial charge in [0.05, 0.1) is 26.7 Å². The number of methoxy groups -OCH3 is 3. The highest BCUT2D eigenvalue weighted by atomic mass is 16.5. The van der Waals surface area contributed by atoms with Crippen LogP contribution in [0.1, 0.15) is 27.4 Å². The van der Waals surface area contributed by atoms with Crippen molar-refractivity contribution in [2.24, 2.45) is 5.92 Å². The summed E-state index contributed by atoms with van der Waals surface area (Å²) >= 11 is 0. The van der Waals surface area contributed by atoms with Gasteiger partial charge in [0, 0.05) is 43.8 Å². The van der Waals surface area contributed by atoms with Crippen LogP contribution in [0.2, 0.25) is 0 Å². The monoisotopic (exact) mass is 426 g/mol. The van der Waals surface area contributed by atoms with E-state index in [0.717, 1.165) is 11.1 Å². The van der Waals surface area contributed by atoms with Crippen LogP contribution < -0.4 is 14.8 Å². The normalized spacial score (nSPS) is 18.0. The molecule has 1 aliphatic rings. The Balaban J connectivity index is 1.91. The molecule has 0 spiro atoms. The number of nitrogens with zero attached hydrogens (tertiary/aromatic N) is 1. The molecule has 0 radical (unpaired) electrons. The molecule has 7 heteroatoms. The lowest BCUT2D eigenvalue weighted by Gasteiger charge is -2.21. The molecular weight excluding hydrogens is 396 g/mol. The zero-order chi connectivity index (χ0) is 22.4. The fourth-order valence-corrected chi connectivity index (χ4v) is 4.04. The van der Waals surface area contributed by atoms with Gasteiger partial charge in [0.2, 0.25) is 5.91 Å². The number of likely N-dealkylation sites (tertiary alicyclic amines) is 1. The van der Waals surface area contributed by atoms with Gasteiger partial charge >= 0.3 is 0 Å². The second-order valence-electron chi connectivity index (χ2n) is 7.66. The number of ether oxygens (including phenoxy) is 3. The summed E-state index contributed by atoms with van der Waals surface area (Å²) in [6.07, 6.45) is 0. The summed E-state index contributed by atoms with van der Waals surface area (Å²) in [5.74, 6) is 0.371. The Bertz CT molecular complexity index is 913. The third-order valence-electron chi connectivity index (χ3n) is 5.68. The highest BCUT2D eigenvalue weighted by molar-refractivity contribution is 5.95. The first-order valence-corrected chi connectivity index (χ1v) is 10.3. The van der Waals surface area contributed by atoms with Crippen molar-refractivity contribution in [3.8, 4) is 11.5 Å². The van der Waals surface area contributed by atoms with E-state index >= 15 is 0 Å². The van der Waals surface area contributed by atoms with Crippen molar-refractivity contribution >= 4 is 11.8 Å². The van der Waals surface area contributed by atoms with Crippen molar-refractivity contribution in [2.45, 2.75) is 12.8 Å². The van der Waals surface area contributed by atoms with Crippen LogP contribution in [0.4, 0.5) is 0 Å². The van der Waals surface area contributed by atoms with Gasteiger partial charge in [-0.3, -0.25) is 9.59 Å². The third kappa shape index (κ3) is 4.99. The van der Waals surface area contributed by atoms with Crippen molar-refractivity contribution in [2.75, 3.05) is 47.6 Å². The van der Waals surface area contributed by atoms with Gasteiger partial charge in [0.1, 0.15) is 0 Å². The lowest BCUT2D eigenvalue weighted by molar-refractivity contribution is -0.125. The number of nitrogens with one attached hydrogen (secondary N) is 1. The molecule has 2 aromatic rings. The minimum Gasteiger partial charge on any atom is -0.493 e. The maximum absolute atomic E-state index is 13.2. The van der Waals surface area contributed by atoms with Crippen LogP contribution in [0.25, 0.3) is 0 Å². The molecule has 31 heavy (non-hydrogen) atoms. The van der Waals surface area contributed by atoms with Gasteiger partial charge in [0.25, 0.3) is 5.91 Å². The Kier molecular flexibility index (Phi) is 7.52. The highest BCUT2D eigenvalue weighted by Gasteiger charge is 2.42. The number of benzene rings is 2. The third-order valence-corrected chi connectivity index (χ3v) is 5.68. The average Bonchev–Trinajstić information content (AvgIpc) is 3.24. The van der Waals surface area contributed by atoms with Crippen LogP contribution in [0.3, 0.4) is 0 Å². The quantitative estimate of drug-likeness (QED) is 0.657. The number of carbonyl (C=O) groups excluding carboxylic acids is 2. The summed E-state index contributed by atoms with van der Waals surface area (Å²) in [7, 11) is 4.76. The van der Waals surface area contributed by atoms with E-state index in [2.05, 4.69) is 5.32 Å². The van der Waals surface area contributed by atoms with Gasteiger partial charge in [-0.1, -0.05) is 29.8 Å². The number of para-hydroxylation sites is 1. The predicted molar refractivity (Wildman–Crippen MR) is 118 cm³/mol. The highest BCUT2D eigenvalue weighted by Crippen LogP contribution is 2.42. The minimum atomic E-state index is -0.410. The molecule has 0 unspecified atom stereocenters. The smallest absolute Gasteiger partial charge is 0.253 e. The second kappa shape index (κ2) is 10.3. The molecule has 3 rings (SSSR count). The molecule has 2 amide bonds. The van der Waals surface area contributed by atoms with Crippen molar-refractivity contribution < 1.29 is 23.8 Å². The lowest BCUT2D eigenvalue weighted by atomic mass is 9.87. The number of rotatable bonds is 8. The van der Waals surface area contributed by atoms with Gasteiger partial charge in [-0.2, -0.15) is 0 Å². The predicted octanol–water partition coefficient (Wildman–Crippen LogP) is 2.63. The zero-order valence-corrected chi connectivity index (χ0v) is 18.5. The lowest BCUT2D eigenvalue weighted by Crippen LogP contribution is -2.37. The fraction of sp³-hybridized carbons (Fsp3) is 0.417. The SMILES string of the molecule is COCCNC(=O)[C@@H]1CN(C(=O)c2ccc(C)cc2)C[C@H]1c1cccc(OC)c1OC. The number of aryl methyl sites for hydroxylation is 1. The summed E-state index contributed by atoms with van der Waals surface area (Å²) in [5, 5.41) is 2.92. The topological polar surface area (TPSA) is 77.1 Å². The maximum Gasteiger partial charge on any atom is 0.253 e. The fourth-order valence-electron chi connectivity index (χ4n) is 4.04. The Hall–Kier alpha value is -3.06. The van der Waals surface area contributed by atoms with E-state index < -0.39 is 5.92 Å². The van der Waals surface area contributed by atoms with Crippen LogP contribution in [-0.2, 0) is 9.53 Å². The molecule has 0 saturated carbocycles. The van der Waals surface area contributed by atoms with E-state index in [1.165, 1.54) is 0 Å². The van der Waals surface area contributed by atoms with E-state index in [1.54, 1.807) is 26.2 Å². The van der Waals surface area contributed by atoms with E-state index in [0.29, 0.717) is 43.3 Å². The van der Waals surface area contributed by atoms with Gasteiger partial charge in [0.15, 0.2) is 11.5 Å². The Labute approximate surface area is 183 Å². The standard InChI is InChI=1S/C24H30N2O5/c1-16-8-10-17(11-9-16)24(28)26-14-19(20(15-26)23(27)25-12-13-29-2)18-6-5-7-21(30-3)22(18)31-4/h5-11,19-20H,12-15H2,1-4H3,(H,25,27)/t19-,20+/m0/s1. The van der Waals surface area contributed by atoms with Crippen LogP contribution in [-0.4, -0.2) is 64.3 Å². The first kappa shape index (κ1) is 22.6. The number of hydrogen-bond donors (Lipinski definition) is 1. The maximum atomic E-state index is 13.2. The molecule has 0 aliphatic carbocycles. The molecule has 166 valence electrons. The zero-order valence-electron chi connectivity index (χ0n) is 18.5. The summed E-state index contributed by atoms with van der Waals surface area (Å²) in [6.45, 7) is 3.57. The molecule has 0 aromatic heterocycles. The molecule has 2 atom stereocenters. The van der Waals surface area contributed by atoms with Crippen molar-refractivity contribution in [3.63, 3.8) is 0 Å². The summed E-state index contributed by atoms with van der Waals surface area (Å²) in [4.78, 5) is 27.9. The molecule has 1 fully saturated rings. The van der Waals surface area contributed by atoms with Crippen molar-refractivity contribution in [1.29, 1.82) is 0 Å². The van der Waals surface area contributed by atoms with Crippen LogP contribution >= 0.6 is 0 Å². The van der Waals surface area contributed by atoms with Gasteiger partial charge in [-0.15, -0.1) is 0 Å². The van der Waals surface area contributed by atoms with Crippen LogP contribution in [0, 0.1) is 12.8 Å². The van der Waals surface area contributed by atoms with Gasteiger partial charge in [-0.05, 0) is 25.1 Å². The van der Waals surface area contributed by atoms with E-state index in [9.17, 15) is 9.59 Å². The Morgan fingerprint density at radius 1 is 1.03 bits per heavy atom. The van der Waals surface area contributed by atoms with Crippen LogP contribution in [0.5, 0.6) is 11.5 Å². The molecule has 7 nitrogen and oxygen atoms in total. The first-order valence-electron chi connectivity index (χ1n) is 10.3. The molecule has 0 bridgehead atoms. The molecular formula is C24H30N2O5. The molecule has 2 aromatic carbocycles. The second-order valence-corrected chi connectivity index (χ2v) is 7.66. The van der Waals surface area contributed by atoms with Crippen molar-refractivity contribution in [3.05, 3.63) is 59.2 Å². The first-order chi connectivity index (χ1) is 15.0. The van der Waals surface area contributed by atoms with Gasteiger partial charge in [-0.25, -0.2) is 0 Å². The van der Waals surface area contributed by atoms with Crippen molar-refractivity contribution in [1.82, 2.24) is 10.2 Å². The Morgan fingerprint density at radius 3 is 2.42 bits per heavy atom. The van der Waals surface area contributed by atoms with E-state index in [-0.39, 0.29) is 17.7 Å². The molecule has 1 saturated heterocycles. The molecule has 1 heterocycles. The van der Waals surface area contributed by atoms with Gasteiger partial charge < -0.3 is 24.4 Å². The Morgan fingerprint density at radius 2 is 1.77 bits per heavy atom. The summed E-state index contributed by atoms with van der Waals surface area (Å²) in [6, 6.07) is 13.1. The molecule has 1 aliphatic heterocycles.